The van der Waals surface area contributed by atoms with Gasteiger partial charge in [0, 0.05) is 19.2 Å². The van der Waals surface area contributed by atoms with Crippen LogP contribution in [0, 0.1) is 5.92 Å². The van der Waals surface area contributed by atoms with E-state index in [1.165, 1.54) is 24.8 Å². The summed E-state index contributed by atoms with van der Waals surface area (Å²) in [4.78, 5) is 11.4. The highest BCUT2D eigenvalue weighted by atomic mass is 16.1. The van der Waals surface area contributed by atoms with Crippen molar-refractivity contribution in [1.29, 1.82) is 0 Å². The Labute approximate surface area is 116 Å². The summed E-state index contributed by atoms with van der Waals surface area (Å²) in [5, 5.41) is 6.06. The molecule has 1 rings (SSSR count). The molecule has 0 unspecified atom stereocenters. The summed E-state index contributed by atoms with van der Waals surface area (Å²) in [6.45, 7) is 6.46. The molecule has 0 bridgehead atoms. The zero-order valence-electron chi connectivity index (χ0n) is 12.3. The predicted octanol–water partition coefficient (Wildman–Crippen LogP) is 2.96. The molecule has 0 aliphatic carbocycles. The Morgan fingerprint density at radius 1 is 1.16 bits per heavy atom. The smallest absolute Gasteiger partial charge is 0.251 e. The largest absolute Gasteiger partial charge is 0.355 e. The second-order valence-corrected chi connectivity index (χ2v) is 5.34. The van der Waals surface area contributed by atoms with E-state index < -0.39 is 0 Å². The normalized spacial score (nSPS) is 10.7. The molecule has 0 atom stereocenters. The van der Waals surface area contributed by atoms with Crippen LogP contribution in [-0.2, 0) is 6.54 Å². The Bertz CT molecular complexity index is 371. The van der Waals surface area contributed by atoms with Gasteiger partial charge in [0.15, 0.2) is 0 Å². The fourth-order valence-electron chi connectivity index (χ4n) is 1.95. The van der Waals surface area contributed by atoms with Crippen LogP contribution < -0.4 is 10.6 Å². The number of carbonyl (C=O) groups excluding carboxylic acids is 1. The van der Waals surface area contributed by atoms with Crippen molar-refractivity contribution in [1.82, 2.24) is 10.6 Å². The molecule has 0 saturated carbocycles. The molecular formula is C16H26N2O. The van der Waals surface area contributed by atoms with Crippen molar-refractivity contribution in [2.45, 2.75) is 39.7 Å². The summed E-state index contributed by atoms with van der Waals surface area (Å²) >= 11 is 0. The van der Waals surface area contributed by atoms with Crippen LogP contribution in [0.2, 0.25) is 0 Å². The molecule has 106 valence electrons. The maximum absolute atomic E-state index is 11.4. The molecule has 3 heteroatoms. The third-order valence-corrected chi connectivity index (χ3v) is 3.16. The maximum atomic E-state index is 11.4. The van der Waals surface area contributed by atoms with Gasteiger partial charge in [0.25, 0.3) is 5.91 Å². The van der Waals surface area contributed by atoms with Gasteiger partial charge in [0.2, 0.25) is 0 Å². The number of nitrogens with one attached hydrogen (secondary N) is 2. The summed E-state index contributed by atoms with van der Waals surface area (Å²) in [6.07, 6.45) is 3.83. The Morgan fingerprint density at radius 2 is 1.84 bits per heavy atom. The van der Waals surface area contributed by atoms with Crippen LogP contribution in [-0.4, -0.2) is 19.5 Å². The Kier molecular flexibility index (Phi) is 7.19. The third kappa shape index (κ3) is 6.39. The van der Waals surface area contributed by atoms with Crippen LogP contribution in [0.1, 0.15) is 49.0 Å². The lowest BCUT2D eigenvalue weighted by atomic mass is 10.1. The number of rotatable bonds is 8. The fraction of sp³-hybridized carbons (Fsp3) is 0.562. The average Bonchev–Trinajstić information content (AvgIpc) is 2.42. The van der Waals surface area contributed by atoms with Crippen molar-refractivity contribution in [3.63, 3.8) is 0 Å². The Balaban J connectivity index is 2.21. The van der Waals surface area contributed by atoms with Crippen molar-refractivity contribution < 1.29 is 4.79 Å². The maximum Gasteiger partial charge on any atom is 0.251 e. The SMILES string of the molecule is CNC(=O)c1ccc(CNCCCCC(C)C)cc1. The minimum Gasteiger partial charge on any atom is -0.355 e. The van der Waals surface area contributed by atoms with Crippen molar-refractivity contribution >= 4 is 5.91 Å². The van der Waals surface area contributed by atoms with Crippen molar-refractivity contribution in [2.75, 3.05) is 13.6 Å². The number of benzene rings is 1. The molecular weight excluding hydrogens is 236 g/mol. The summed E-state index contributed by atoms with van der Waals surface area (Å²) in [7, 11) is 1.65. The molecule has 0 aromatic heterocycles. The van der Waals surface area contributed by atoms with E-state index in [1.54, 1.807) is 7.05 Å². The Hall–Kier alpha value is -1.35. The molecule has 0 saturated heterocycles. The lowest BCUT2D eigenvalue weighted by molar-refractivity contribution is 0.0963. The summed E-state index contributed by atoms with van der Waals surface area (Å²) in [5.74, 6) is 0.769. The lowest BCUT2D eigenvalue weighted by Crippen LogP contribution is -2.18. The van der Waals surface area contributed by atoms with Gasteiger partial charge in [-0.05, 0) is 36.6 Å². The zero-order valence-corrected chi connectivity index (χ0v) is 12.3. The van der Waals surface area contributed by atoms with E-state index in [1.807, 2.05) is 24.3 Å². The molecule has 1 aromatic carbocycles. The number of hydrogen-bond donors (Lipinski definition) is 2. The van der Waals surface area contributed by atoms with Gasteiger partial charge in [-0.2, -0.15) is 0 Å². The molecule has 1 amide bonds. The van der Waals surface area contributed by atoms with Crippen LogP contribution >= 0.6 is 0 Å². The van der Waals surface area contributed by atoms with E-state index in [0.29, 0.717) is 5.56 Å². The van der Waals surface area contributed by atoms with Crippen LogP contribution in [0.3, 0.4) is 0 Å². The Morgan fingerprint density at radius 3 is 2.42 bits per heavy atom. The average molecular weight is 262 g/mol. The van der Waals surface area contributed by atoms with E-state index in [4.69, 9.17) is 0 Å². The van der Waals surface area contributed by atoms with Gasteiger partial charge in [-0.3, -0.25) is 4.79 Å². The first-order chi connectivity index (χ1) is 9.13. The quantitative estimate of drug-likeness (QED) is 0.707. The summed E-state index contributed by atoms with van der Waals surface area (Å²) < 4.78 is 0. The monoisotopic (exact) mass is 262 g/mol. The van der Waals surface area contributed by atoms with Crippen LogP contribution in [0.5, 0.6) is 0 Å². The van der Waals surface area contributed by atoms with Gasteiger partial charge in [0.05, 0.1) is 0 Å². The molecule has 0 heterocycles. The van der Waals surface area contributed by atoms with Gasteiger partial charge >= 0.3 is 0 Å². The molecule has 2 N–H and O–H groups in total. The van der Waals surface area contributed by atoms with Gasteiger partial charge < -0.3 is 10.6 Å². The van der Waals surface area contributed by atoms with E-state index >= 15 is 0 Å². The highest BCUT2D eigenvalue weighted by Gasteiger charge is 2.01. The highest BCUT2D eigenvalue weighted by molar-refractivity contribution is 5.93. The van der Waals surface area contributed by atoms with E-state index in [2.05, 4.69) is 24.5 Å². The molecule has 0 aliphatic rings. The fourth-order valence-corrected chi connectivity index (χ4v) is 1.95. The van der Waals surface area contributed by atoms with Crippen LogP contribution in [0.4, 0.5) is 0 Å². The molecule has 1 aromatic rings. The van der Waals surface area contributed by atoms with Crippen molar-refractivity contribution in [3.05, 3.63) is 35.4 Å². The predicted molar refractivity (Wildman–Crippen MR) is 80.2 cm³/mol. The van der Waals surface area contributed by atoms with Crippen molar-refractivity contribution in [3.8, 4) is 0 Å². The molecule has 0 aliphatic heterocycles. The van der Waals surface area contributed by atoms with E-state index in [0.717, 1.165) is 19.0 Å². The minimum atomic E-state index is -0.0341. The molecule has 19 heavy (non-hydrogen) atoms. The highest BCUT2D eigenvalue weighted by Crippen LogP contribution is 2.06. The first-order valence-electron chi connectivity index (χ1n) is 7.15. The van der Waals surface area contributed by atoms with Gasteiger partial charge in [-0.15, -0.1) is 0 Å². The van der Waals surface area contributed by atoms with Gasteiger partial charge in [0.1, 0.15) is 0 Å². The minimum absolute atomic E-state index is 0.0341. The second-order valence-electron chi connectivity index (χ2n) is 5.34. The third-order valence-electron chi connectivity index (χ3n) is 3.16. The van der Waals surface area contributed by atoms with E-state index in [9.17, 15) is 4.79 Å². The lowest BCUT2D eigenvalue weighted by Gasteiger charge is -2.07. The molecule has 0 radical (unpaired) electrons. The molecule has 0 spiro atoms. The number of carbonyl (C=O) groups is 1. The first kappa shape index (κ1) is 15.7. The summed E-state index contributed by atoms with van der Waals surface area (Å²) in [6, 6.07) is 7.75. The summed E-state index contributed by atoms with van der Waals surface area (Å²) in [5.41, 5.74) is 1.93. The van der Waals surface area contributed by atoms with Crippen LogP contribution in [0.25, 0.3) is 0 Å². The van der Waals surface area contributed by atoms with Crippen LogP contribution in [0.15, 0.2) is 24.3 Å². The van der Waals surface area contributed by atoms with E-state index in [-0.39, 0.29) is 5.91 Å². The topological polar surface area (TPSA) is 41.1 Å². The standard InChI is InChI=1S/C16H26N2O/c1-13(2)6-4-5-11-18-12-14-7-9-15(10-8-14)16(19)17-3/h7-10,13,18H,4-6,11-12H2,1-3H3,(H,17,19). The van der Waals surface area contributed by atoms with Crippen molar-refractivity contribution in [2.24, 2.45) is 5.92 Å². The number of unbranched alkanes of at least 4 members (excludes halogenated alkanes) is 1. The molecule has 0 fully saturated rings. The van der Waals surface area contributed by atoms with Gasteiger partial charge in [-0.25, -0.2) is 0 Å². The number of hydrogen-bond acceptors (Lipinski definition) is 2. The zero-order chi connectivity index (χ0) is 14.1. The number of amides is 1. The second kappa shape index (κ2) is 8.70. The van der Waals surface area contributed by atoms with Gasteiger partial charge in [-0.1, -0.05) is 38.8 Å². The first-order valence-corrected chi connectivity index (χ1v) is 7.15. The molecule has 3 nitrogen and oxygen atoms in total.